The lowest BCUT2D eigenvalue weighted by Gasteiger charge is -2.52. The van der Waals surface area contributed by atoms with Crippen molar-refractivity contribution < 1.29 is 48.0 Å². The smallest absolute Gasteiger partial charge is 0.391 e. The van der Waals surface area contributed by atoms with E-state index in [4.69, 9.17) is 28.8 Å². The van der Waals surface area contributed by atoms with Gasteiger partial charge in [0.25, 0.3) is 0 Å². The van der Waals surface area contributed by atoms with Gasteiger partial charge in [0, 0.05) is 74.1 Å². The van der Waals surface area contributed by atoms with Crippen molar-refractivity contribution in [3.05, 3.63) is 73.4 Å². The molecule has 2 aliphatic heterocycles. The number of hydrogen-bond acceptors (Lipinski definition) is 11. The Morgan fingerprint density at radius 3 is 1.22 bits per heavy atom. The van der Waals surface area contributed by atoms with E-state index in [2.05, 4.69) is 24.3 Å². The zero-order chi connectivity index (χ0) is 38.9. The van der Waals surface area contributed by atoms with Crippen LogP contribution in [0.25, 0.3) is 0 Å². The van der Waals surface area contributed by atoms with Crippen molar-refractivity contribution in [2.24, 2.45) is 11.8 Å². The van der Waals surface area contributed by atoms with Crippen molar-refractivity contribution in [1.82, 2.24) is 9.13 Å². The Morgan fingerprint density at radius 1 is 0.491 bits per heavy atom. The predicted molar refractivity (Wildman–Crippen MR) is 221 cm³/mol. The first kappa shape index (κ1) is 43.5. The lowest BCUT2D eigenvalue weighted by molar-refractivity contribution is 0.0296. The van der Waals surface area contributed by atoms with Gasteiger partial charge >= 0.3 is 52.8 Å². The van der Waals surface area contributed by atoms with Crippen LogP contribution >= 0.6 is 0 Å². The molecule has 0 saturated carbocycles. The molecule has 308 valence electrons. The molecule has 6 rings (SSSR count). The molecule has 0 spiro atoms. The molecular weight excluding hydrogens is 805 g/mol. The molecule has 8 unspecified atom stereocenters. The van der Waals surface area contributed by atoms with Gasteiger partial charge < -0.3 is 57.1 Å². The maximum Gasteiger partial charge on any atom is 0.483 e. The first-order valence-electron chi connectivity index (χ1n) is 20.7. The second-order valence-corrected chi connectivity index (χ2v) is 33.0. The van der Waals surface area contributed by atoms with E-state index in [1.54, 1.807) is 0 Å². The zero-order valence-corrected chi connectivity index (χ0v) is 38.8. The standard InChI is InChI=1S/C36H64N2O11Si6/c1-3-29-50(39)43-51(40,30-4-2)46-55(32-16-28-38-25-13-14-26-38)48-53(42,34-22-36-19-9-6-10-20-36)44-52(41,33-21-35-17-7-5-8-18-35)47-54(45-50,49-55)31-15-27-37-23-11-12-24-37/h5-7,9,11-14,23-26,35-36,39-42H,3-4,8,10,15-22,27-34H2,1-2H3. The minimum Gasteiger partial charge on any atom is -0.391 e. The highest BCUT2D eigenvalue weighted by Crippen LogP contribution is 2.44. The lowest BCUT2D eigenvalue weighted by Crippen LogP contribution is -2.78. The third-order valence-electron chi connectivity index (χ3n) is 11.0. The van der Waals surface area contributed by atoms with Crippen LogP contribution in [0.4, 0.5) is 0 Å². The van der Waals surface area contributed by atoms with Gasteiger partial charge in [0.05, 0.1) is 0 Å². The Bertz CT molecular complexity index is 1420. The van der Waals surface area contributed by atoms with E-state index in [0.29, 0.717) is 63.5 Å². The molecule has 13 nitrogen and oxygen atoms in total. The molecule has 0 aromatic carbocycles. The highest BCUT2D eigenvalue weighted by molar-refractivity contribution is 6.94. The predicted octanol–water partition coefficient (Wildman–Crippen LogP) is 6.83. The van der Waals surface area contributed by atoms with Gasteiger partial charge in [-0.05, 0) is 100 Å². The van der Waals surface area contributed by atoms with Crippen LogP contribution in [0, 0.1) is 11.8 Å². The Morgan fingerprint density at radius 2 is 0.873 bits per heavy atom. The number of rotatable bonds is 18. The van der Waals surface area contributed by atoms with Gasteiger partial charge in [-0.1, -0.05) is 51.0 Å². The molecule has 2 saturated heterocycles. The largest absolute Gasteiger partial charge is 0.483 e. The molecule has 4 N–H and O–H groups in total. The monoisotopic (exact) mass is 868 g/mol. The molecule has 2 fully saturated rings. The average Bonchev–Trinajstić information content (AvgIpc) is 3.85. The lowest BCUT2D eigenvalue weighted by atomic mass is 9.92. The van der Waals surface area contributed by atoms with Crippen LogP contribution in [0.2, 0.25) is 36.3 Å². The number of aryl methyl sites for hydroxylation is 2. The fourth-order valence-corrected chi connectivity index (χ4v) is 37.0. The Kier molecular flexibility index (Phi) is 15.3. The summed E-state index contributed by atoms with van der Waals surface area (Å²) >= 11 is 0. The summed E-state index contributed by atoms with van der Waals surface area (Å²) in [6.07, 6.45) is 25.7. The fourth-order valence-electron chi connectivity index (χ4n) is 8.27. The van der Waals surface area contributed by atoms with Crippen LogP contribution in [-0.2, 0) is 41.9 Å². The van der Waals surface area contributed by atoms with Gasteiger partial charge in [-0.25, -0.2) is 0 Å². The van der Waals surface area contributed by atoms with Gasteiger partial charge in [-0.2, -0.15) is 0 Å². The Balaban J connectivity index is 1.43. The molecule has 2 aromatic heterocycles. The topological polar surface area (TPSA) is 155 Å². The number of hydrogen-bond donors (Lipinski definition) is 4. The molecule has 4 heterocycles. The number of nitrogens with zero attached hydrogens (tertiary/aromatic N) is 2. The van der Waals surface area contributed by atoms with Crippen molar-refractivity contribution in [2.45, 2.75) is 140 Å². The zero-order valence-electron chi connectivity index (χ0n) is 32.8. The number of allylic oxidation sites excluding steroid dienone is 4. The highest BCUT2D eigenvalue weighted by Gasteiger charge is 2.71. The van der Waals surface area contributed by atoms with Crippen LogP contribution in [0.15, 0.2) is 73.4 Å². The van der Waals surface area contributed by atoms with Gasteiger partial charge in [-0.15, -0.1) is 0 Å². The number of fused-ring (bicyclic) bond motifs is 2. The second-order valence-electron chi connectivity index (χ2n) is 15.9. The van der Waals surface area contributed by atoms with Crippen LogP contribution < -0.4 is 0 Å². The van der Waals surface area contributed by atoms with Crippen molar-refractivity contribution in [3.63, 3.8) is 0 Å². The van der Waals surface area contributed by atoms with Gasteiger partial charge in [0.1, 0.15) is 0 Å². The maximum absolute atomic E-state index is 12.8. The summed E-state index contributed by atoms with van der Waals surface area (Å²) in [5.41, 5.74) is 0. The maximum atomic E-state index is 12.8. The second kappa shape index (κ2) is 19.3. The van der Waals surface area contributed by atoms with Crippen molar-refractivity contribution in [1.29, 1.82) is 0 Å². The van der Waals surface area contributed by atoms with E-state index in [1.165, 1.54) is 0 Å². The van der Waals surface area contributed by atoms with E-state index in [0.717, 1.165) is 38.5 Å². The summed E-state index contributed by atoms with van der Waals surface area (Å²) in [6, 6.07) is 8.91. The quantitative estimate of drug-likeness (QED) is 0.0921. The van der Waals surface area contributed by atoms with Crippen molar-refractivity contribution >= 4 is 52.8 Å². The van der Waals surface area contributed by atoms with Crippen LogP contribution in [0.1, 0.15) is 90.9 Å². The first-order valence-corrected chi connectivity index (χ1v) is 32.4. The molecule has 2 bridgehead atoms. The van der Waals surface area contributed by atoms with E-state index in [-0.39, 0.29) is 36.3 Å². The summed E-state index contributed by atoms with van der Waals surface area (Å²) in [4.78, 5) is 50.4. The summed E-state index contributed by atoms with van der Waals surface area (Å²) in [5.74, 6) is 0.648. The highest BCUT2D eigenvalue weighted by atomic mass is 28.6. The SMILES string of the molecule is CCC[Si]1(O)O[Si](O)(CCC)O[Si]2(CCCn3cccc3)O[Si](O)(CCC3CC=CCC3)O[Si](O)(CCC3CC=CCC3)O[Si](CCCn3cccc3)(O1)O2. The first-order chi connectivity index (χ1) is 26.4. The fraction of sp³-hybridized carbons (Fsp3) is 0.667. The molecule has 55 heavy (non-hydrogen) atoms. The Hall–Kier alpha value is -1.10. The minimum absolute atomic E-state index is 0.140. The molecule has 8 atom stereocenters. The number of aromatic nitrogens is 2. The third-order valence-corrected chi connectivity index (χ3v) is 34.7. The molecule has 4 aliphatic rings. The summed E-state index contributed by atoms with van der Waals surface area (Å²) < 4.78 is 52.4. The Labute approximate surface area is 334 Å². The van der Waals surface area contributed by atoms with Gasteiger partial charge in [-0.3, -0.25) is 0 Å². The van der Waals surface area contributed by atoms with Gasteiger partial charge in [0.15, 0.2) is 0 Å². The summed E-state index contributed by atoms with van der Waals surface area (Å²) in [7, 11) is -25.7. The van der Waals surface area contributed by atoms with Crippen LogP contribution in [0.5, 0.6) is 0 Å². The molecular formula is C36H64N2O11Si6. The van der Waals surface area contributed by atoms with Crippen LogP contribution in [0.3, 0.4) is 0 Å². The minimum atomic E-state index is -4.36. The summed E-state index contributed by atoms with van der Waals surface area (Å²) in [6.45, 7) is 5.05. The molecule has 2 aromatic rings. The molecule has 0 amide bonds. The molecule has 0 radical (unpaired) electrons. The molecule has 19 heteroatoms. The van der Waals surface area contributed by atoms with Crippen molar-refractivity contribution in [3.8, 4) is 0 Å². The van der Waals surface area contributed by atoms with Crippen molar-refractivity contribution in [2.75, 3.05) is 0 Å². The van der Waals surface area contributed by atoms with E-state index >= 15 is 0 Å². The summed E-state index contributed by atoms with van der Waals surface area (Å²) in [5, 5.41) is 0. The normalized spacial score (nSPS) is 36.9. The molecule has 2 aliphatic carbocycles. The van der Waals surface area contributed by atoms with E-state index in [9.17, 15) is 19.2 Å². The van der Waals surface area contributed by atoms with Gasteiger partial charge in [0.2, 0.25) is 0 Å². The van der Waals surface area contributed by atoms with E-state index < -0.39 is 52.8 Å². The third kappa shape index (κ3) is 12.5. The van der Waals surface area contributed by atoms with E-state index in [1.807, 2.05) is 72.0 Å². The average molecular weight is 869 g/mol. The van der Waals surface area contributed by atoms with Crippen LogP contribution in [-0.4, -0.2) is 81.1 Å².